The quantitative estimate of drug-likeness (QED) is 0.578. The lowest BCUT2D eigenvalue weighted by atomic mass is 9.68. The van der Waals surface area contributed by atoms with Crippen molar-refractivity contribution in [3.8, 4) is 0 Å². The fourth-order valence-electron chi connectivity index (χ4n) is 2.16. The maximum atomic E-state index is 10.4. The van der Waals surface area contributed by atoms with Crippen molar-refractivity contribution in [2.75, 3.05) is 6.54 Å². The van der Waals surface area contributed by atoms with Crippen molar-refractivity contribution in [1.29, 1.82) is 0 Å². The van der Waals surface area contributed by atoms with Gasteiger partial charge in [-0.25, -0.2) is 0 Å². The van der Waals surface area contributed by atoms with Gasteiger partial charge in [-0.05, 0) is 18.3 Å². The Bertz CT molecular complexity index is 167. The highest BCUT2D eigenvalue weighted by molar-refractivity contribution is 5.68. The summed E-state index contributed by atoms with van der Waals surface area (Å²) in [7, 11) is 0. The summed E-state index contributed by atoms with van der Waals surface area (Å²) >= 11 is 0. The molecule has 2 bridgehead atoms. The monoisotopic (exact) mass is 141 g/mol. The Morgan fingerprint density at radius 2 is 2.40 bits per heavy atom. The maximum absolute atomic E-state index is 10.4. The molecule has 0 aromatic heterocycles. The fraction of sp³-hybridized carbons (Fsp3) is 0.857. The summed E-state index contributed by atoms with van der Waals surface area (Å²) < 4.78 is 0. The lowest BCUT2D eigenvalue weighted by molar-refractivity contribution is -0.140. The van der Waals surface area contributed by atoms with Gasteiger partial charge in [-0.3, -0.25) is 4.79 Å². The van der Waals surface area contributed by atoms with Gasteiger partial charge in [0.1, 0.15) is 0 Å². The second-order valence-corrected chi connectivity index (χ2v) is 3.56. The molecule has 3 rings (SSSR count). The number of carboxylic acid groups (broad SMARTS) is 1. The molecule has 2 heterocycles. The first-order valence-electron chi connectivity index (χ1n) is 3.65. The van der Waals surface area contributed by atoms with Crippen LogP contribution in [0.2, 0.25) is 0 Å². The Labute approximate surface area is 59.4 Å². The minimum Gasteiger partial charge on any atom is -0.481 e. The van der Waals surface area contributed by atoms with Crippen LogP contribution in [0.25, 0.3) is 0 Å². The van der Waals surface area contributed by atoms with Crippen molar-refractivity contribution >= 4 is 5.97 Å². The molecule has 0 aromatic rings. The number of hydrogen-bond acceptors (Lipinski definition) is 2. The van der Waals surface area contributed by atoms with Gasteiger partial charge < -0.3 is 10.4 Å². The molecule has 10 heavy (non-hydrogen) atoms. The predicted molar refractivity (Wildman–Crippen MR) is 35.7 cm³/mol. The highest BCUT2D eigenvalue weighted by Crippen LogP contribution is 2.48. The van der Waals surface area contributed by atoms with Crippen LogP contribution < -0.4 is 5.32 Å². The Hall–Kier alpha value is -0.570. The summed E-state index contributed by atoms with van der Waals surface area (Å²) in [5.74, 6) is -0.651. The van der Waals surface area contributed by atoms with E-state index in [1.807, 2.05) is 0 Å². The van der Waals surface area contributed by atoms with Gasteiger partial charge in [0.2, 0.25) is 0 Å². The van der Waals surface area contributed by atoms with Crippen LogP contribution in [-0.4, -0.2) is 23.7 Å². The van der Waals surface area contributed by atoms with Crippen molar-refractivity contribution in [3.05, 3.63) is 0 Å². The number of nitrogens with one attached hydrogen (secondary N) is 1. The van der Waals surface area contributed by atoms with E-state index in [0.717, 1.165) is 19.4 Å². The third-order valence-electron chi connectivity index (χ3n) is 2.65. The SMILES string of the molecule is O=C(O)CC12CNC(C1)C2. The molecule has 0 spiro atoms. The molecule has 0 amide bonds. The van der Waals surface area contributed by atoms with Crippen molar-refractivity contribution in [1.82, 2.24) is 5.32 Å². The maximum Gasteiger partial charge on any atom is 0.303 e. The van der Waals surface area contributed by atoms with Crippen molar-refractivity contribution in [2.24, 2.45) is 5.41 Å². The van der Waals surface area contributed by atoms with E-state index in [2.05, 4.69) is 5.32 Å². The number of fused-ring (bicyclic) bond motifs is 1. The van der Waals surface area contributed by atoms with Gasteiger partial charge in [0.05, 0.1) is 6.42 Å². The number of hydrogen-bond donors (Lipinski definition) is 2. The molecule has 2 N–H and O–H groups in total. The Morgan fingerprint density at radius 1 is 1.70 bits per heavy atom. The summed E-state index contributed by atoms with van der Waals surface area (Å²) in [4.78, 5) is 10.4. The molecule has 56 valence electrons. The highest BCUT2D eigenvalue weighted by Gasteiger charge is 2.51. The lowest BCUT2D eigenvalue weighted by Gasteiger charge is -2.35. The van der Waals surface area contributed by atoms with Gasteiger partial charge in [0, 0.05) is 12.6 Å². The molecule has 3 heteroatoms. The lowest BCUT2D eigenvalue weighted by Crippen LogP contribution is -2.35. The van der Waals surface area contributed by atoms with Gasteiger partial charge in [-0.1, -0.05) is 0 Å². The average molecular weight is 141 g/mol. The van der Waals surface area contributed by atoms with Gasteiger partial charge >= 0.3 is 5.97 Å². The molecular formula is C7H11NO2. The van der Waals surface area contributed by atoms with E-state index in [0.29, 0.717) is 12.5 Å². The van der Waals surface area contributed by atoms with E-state index in [4.69, 9.17) is 5.11 Å². The van der Waals surface area contributed by atoms with E-state index < -0.39 is 5.97 Å². The topological polar surface area (TPSA) is 49.3 Å². The van der Waals surface area contributed by atoms with Gasteiger partial charge in [-0.2, -0.15) is 0 Å². The zero-order valence-corrected chi connectivity index (χ0v) is 5.76. The van der Waals surface area contributed by atoms with Crippen molar-refractivity contribution in [3.63, 3.8) is 0 Å². The van der Waals surface area contributed by atoms with E-state index in [1.165, 1.54) is 0 Å². The third kappa shape index (κ3) is 0.736. The van der Waals surface area contributed by atoms with Crippen LogP contribution in [0.1, 0.15) is 19.3 Å². The minimum absolute atomic E-state index is 0.149. The highest BCUT2D eigenvalue weighted by atomic mass is 16.4. The molecule has 2 saturated heterocycles. The summed E-state index contributed by atoms with van der Waals surface area (Å²) in [6.45, 7) is 0.921. The van der Waals surface area contributed by atoms with E-state index in [1.54, 1.807) is 0 Å². The van der Waals surface area contributed by atoms with Crippen LogP contribution in [0.4, 0.5) is 0 Å². The van der Waals surface area contributed by atoms with Crippen LogP contribution in [0, 0.1) is 5.41 Å². The number of carboxylic acids is 1. The summed E-state index contributed by atoms with van der Waals surface area (Å²) in [5.41, 5.74) is 0.149. The van der Waals surface area contributed by atoms with Crippen LogP contribution in [0.5, 0.6) is 0 Å². The van der Waals surface area contributed by atoms with Crippen LogP contribution in [0.15, 0.2) is 0 Å². The Balaban J connectivity index is 1.98. The second-order valence-electron chi connectivity index (χ2n) is 3.56. The van der Waals surface area contributed by atoms with Crippen LogP contribution in [0.3, 0.4) is 0 Å². The standard InChI is InChI=1S/C7H11NO2/c9-6(10)3-7-1-5(2-7)8-4-7/h5,8H,1-4H2,(H,9,10). The zero-order valence-electron chi connectivity index (χ0n) is 5.76. The first kappa shape index (κ1) is 6.16. The predicted octanol–water partition coefficient (Wildman–Crippen LogP) is 0.213. The fourth-order valence-corrected chi connectivity index (χ4v) is 2.16. The Morgan fingerprint density at radius 3 is 2.80 bits per heavy atom. The molecule has 0 atom stereocenters. The largest absolute Gasteiger partial charge is 0.481 e. The smallest absolute Gasteiger partial charge is 0.303 e. The number of aliphatic carboxylic acids is 1. The number of rotatable bonds is 2. The molecule has 3 nitrogen and oxygen atoms in total. The van der Waals surface area contributed by atoms with Gasteiger partial charge in [0.25, 0.3) is 0 Å². The van der Waals surface area contributed by atoms with Crippen molar-refractivity contribution < 1.29 is 9.90 Å². The molecule has 2 aliphatic heterocycles. The van der Waals surface area contributed by atoms with Crippen LogP contribution >= 0.6 is 0 Å². The molecule has 0 aromatic carbocycles. The first-order valence-corrected chi connectivity index (χ1v) is 3.65. The second kappa shape index (κ2) is 1.72. The van der Waals surface area contributed by atoms with Gasteiger partial charge in [0.15, 0.2) is 0 Å². The van der Waals surface area contributed by atoms with E-state index in [9.17, 15) is 4.79 Å². The zero-order chi connectivity index (χ0) is 7.19. The summed E-state index contributed by atoms with van der Waals surface area (Å²) in [6.07, 6.45) is 2.52. The van der Waals surface area contributed by atoms with E-state index in [-0.39, 0.29) is 5.41 Å². The molecule has 1 aliphatic carbocycles. The number of carbonyl (C=O) groups is 1. The molecular weight excluding hydrogens is 130 g/mol. The Kier molecular flexibility index (Phi) is 1.06. The molecule has 3 aliphatic rings. The molecule has 1 saturated carbocycles. The summed E-state index contributed by atoms with van der Waals surface area (Å²) in [5, 5.41) is 11.8. The van der Waals surface area contributed by atoms with E-state index >= 15 is 0 Å². The minimum atomic E-state index is -0.651. The third-order valence-corrected chi connectivity index (χ3v) is 2.65. The van der Waals surface area contributed by atoms with Crippen LogP contribution in [-0.2, 0) is 4.79 Å². The summed E-state index contributed by atoms with van der Waals surface area (Å²) in [6, 6.07) is 0.638. The first-order chi connectivity index (χ1) is 4.70. The molecule has 3 fully saturated rings. The normalized spacial score (nSPS) is 43.0. The molecule has 0 radical (unpaired) electrons. The molecule has 0 unspecified atom stereocenters. The average Bonchev–Trinajstić information content (AvgIpc) is 2.18. The van der Waals surface area contributed by atoms with Gasteiger partial charge in [-0.15, -0.1) is 0 Å². The van der Waals surface area contributed by atoms with Crippen molar-refractivity contribution in [2.45, 2.75) is 25.3 Å².